The molecule has 9 heavy (non-hydrogen) atoms. The molecule has 0 aliphatic carbocycles. The van der Waals surface area contributed by atoms with Gasteiger partial charge in [-0.2, -0.15) is 0 Å². The molecule has 2 saturated heterocycles. The number of hydrogen-bond donors (Lipinski definition) is 1. The molecule has 0 bridgehead atoms. The van der Waals surface area contributed by atoms with E-state index in [9.17, 15) is 0 Å². The van der Waals surface area contributed by atoms with Crippen LogP contribution in [0.15, 0.2) is 0 Å². The second-order valence-corrected chi connectivity index (χ2v) is 3.38. The van der Waals surface area contributed by atoms with Gasteiger partial charge in [-0.05, 0) is 5.92 Å². The van der Waals surface area contributed by atoms with Crippen LogP contribution in [0.5, 0.6) is 0 Å². The number of rotatable bonds is 0. The van der Waals surface area contributed by atoms with Gasteiger partial charge in [0.15, 0.2) is 0 Å². The van der Waals surface area contributed by atoms with Crippen LogP contribution in [0, 0.1) is 11.3 Å². The molecule has 2 aliphatic heterocycles. The predicted molar refractivity (Wildman–Crippen MR) is 35.3 cm³/mol. The zero-order chi connectivity index (χ0) is 6.32. The van der Waals surface area contributed by atoms with Crippen molar-refractivity contribution in [2.75, 3.05) is 26.3 Å². The molecule has 1 N–H and O–H groups in total. The van der Waals surface area contributed by atoms with E-state index in [1.54, 1.807) is 0 Å². The summed E-state index contributed by atoms with van der Waals surface area (Å²) < 4.78 is 5.37. The highest BCUT2D eigenvalue weighted by atomic mass is 16.5. The van der Waals surface area contributed by atoms with Crippen molar-refractivity contribution in [3.8, 4) is 0 Å². The fourth-order valence-electron chi connectivity index (χ4n) is 1.65. The molecule has 1 atom stereocenters. The average Bonchev–Trinajstić information content (AvgIpc) is 2.07. The van der Waals surface area contributed by atoms with Gasteiger partial charge in [-0.15, -0.1) is 0 Å². The predicted octanol–water partition coefficient (Wildman–Crippen LogP) is 0.242. The maximum atomic E-state index is 5.37. The lowest BCUT2D eigenvalue weighted by molar-refractivity contribution is 0.100. The SMILES string of the molecule is CC1COCC12CNC2. The van der Waals surface area contributed by atoms with Gasteiger partial charge in [0.2, 0.25) is 0 Å². The Labute approximate surface area is 55.6 Å². The van der Waals surface area contributed by atoms with E-state index < -0.39 is 0 Å². The summed E-state index contributed by atoms with van der Waals surface area (Å²) in [6, 6.07) is 0. The average molecular weight is 127 g/mol. The lowest BCUT2D eigenvalue weighted by Crippen LogP contribution is -2.56. The van der Waals surface area contributed by atoms with Crippen LogP contribution < -0.4 is 5.32 Å². The van der Waals surface area contributed by atoms with Crippen LogP contribution in [0.25, 0.3) is 0 Å². The van der Waals surface area contributed by atoms with Crippen LogP contribution in [0.4, 0.5) is 0 Å². The van der Waals surface area contributed by atoms with Gasteiger partial charge >= 0.3 is 0 Å². The molecular formula is C7H13NO. The molecule has 2 aliphatic rings. The molecule has 0 aromatic heterocycles. The highest BCUT2D eigenvalue weighted by Crippen LogP contribution is 2.37. The summed E-state index contributed by atoms with van der Waals surface area (Å²) in [5.41, 5.74) is 0.542. The van der Waals surface area contributed by atoms with Crippen LogP contribution >= 0.6 is 0 Å². The summed E-state index contributed by atoms with van der Waals surface area (Å²) >= 11 is 0. The Morgan fingerprint density at radius 2 is 2.33 bits per heavy atom. The third-order valence-electron chi connectivity index (χ3n) is 2.76. The van der Waals surface area contributed by atoms with Crippen LogP contribution in [-0.4, -0.2) is 26.3 Å². The van der Waals surface area contributed by atoms with Gasteiger partial charge in [-0.3, -0.25) is 0 Å². The third kappa shape index (κ3) is 0.634. The van der Waals surface area contributed by atoms with Crippen LogP contribution in [-0.2, 0) is 4.74 Å². The van der Waals surface area contributed by atoms with Gasteiger partial charge < -0.3 is 10.1 Å². The zero-order valence-corrected chi connectivity index (χ0v) is 5.81. The molecule has 1 unspecified atom stereocenters. The van der Waals surface area contributed by atoms with Crippen LogP contribution in [0.3, 0.4) is 0 Å². The largest absolute Gasteiger partial charge is 0.380 e. The van der Waals surface area contributed by atoms with Crippen molar-refractivity contribution in [3.05, 3.63) is 0 Å². The van der Waals surface area contributed by atoms with Gasteiger partial charge in [-0.25, -0.2) is 0 Å². The Kier molecular flexibility index (Phi) is 1.08. The maximum absolute atomic E-state index is 5.37. The lowest BCUT2D eigenvalue weighted by Gasteiger charge is -2.41. The Hall–Kier alpha value is -0.0800. The third-order valence-corrected chi connectivity index (χ3v) is 2.76. The summed E-state index contributed by atoms with van der Waals surface area (Å²) in [5, 5.41) is 3.29. The topological polar surface area (TPSA) is 21.3 Å². The normalized spacial score (nSPS) is 39.0. The summed E-state index contributed by atoms with van der Waals surface area (Å²) in [4.78, 5) is 0. The molecule has 2 fully saturated rings. The maximum Gasteiger partial charge on any atom is 0.0550 e. The Balaban J connectivity index is 2.09. The molecule has 2 heteroatoms. The van der Waals surface area contributed by atoms with Crippen molar-refractivity contribution in [2.45, 2.75) is 6.92 Å². The van der Waals surface area contributed by atoms with E-state index in [1.165, 1.54) is 13.1 Å². The van der Waals surface area contributed by atoms with Crippen molar-refractivity contribution in [3.63, 3.8) is 0 Å². The molecule has 1 spiro atoms. The van der Waals surface area contributed by atoms with E-state index in [2.05, 4.69) is 12.2 Å². The molecule has 2 heterocycles. The molecule has 0 aromatic carbocycles. The Morgan fingerprint density at radius 3 is 2.56 bits per heavy atom. The smallest absolute Gasteiger partial charge is 0.0550 e. The highest BCUT2D eigenvalue weighted by molar-refractivity contribution is 4.98. The van der Waals surface area contributed by atoms with Crippen molar-refractivity contribution in [1.29, 1.82) is 0 Å². The van der Waals surface area contributed by atoms with Crippen molar-refractivity contribution in [2.24, 2.45) is 11.3 Å². The zero-order valence-electron chi connectivity index (χ0n) is 5.81. The molecule has 0 saturated carbocycles. The van der Waals surface area contributed by atoms with Crippen molar-refractivity contribution in [1.82, 2.24) is 5.32 Å². The number of ether oxygens (including phenoxy) is 1. The quantitative estimate of drug-likeness (QED) is 0.503. The standard InChI is InChI=1S/C7H13NO/c1-6-2-9-5-7(6)3-8-4-7/h6,8H,2-5H2,1H3. The highest BCUT2D eigenvalue weighted by Gasteiger charge is 2.45. The minimum absolute atomic E-state index is 0.542. The van der Waals surface area contributed by atoms with Crippen LogP contribution in [0.2, 0.25) is 0 Å². The first-order valence-corrected chi connectivity index (χ1v) is 3.62. The van der Waals surface area contributed by atoms with E-state index in [4.69, 9.17) is 4.74 Å². The Bertz CT molecular complexity index is 120. The first kappa shape index (κ1) is 5.69. The monoisotopic (exact) mass is 127 g/mol. The van der Waals surface area contributed by atoms with Gasteiger partial charge in [0.1, 0.15) is 0 Å². The molecule has 2 nitrogen and oxygen atoms in total. The summed E-state index contributed by atoms with van der Waals surface area (Å²) in [6.07, 6.45) is 0. The van der Waals surface area contributed by atoms with Crippen LogP contribution in [0.1, 0.15) is 6.92 Å². The first-order valence-electron chi connectivity index (χ1n) is 3.62. The summed E-state index contributed by atoms with van der Waals surface area (Å²) in [7, 11) is 0. The summed E-state index contributed by atoms with van der Waals surface area (Å²) in [6.45, 7) is 6.60. The van der Waals surface area contributed by atoms with Gasteiger partial charge in [0.05, 0.1) is 6.61 Å². The van der Waals surface area contributed by atoms with Gasteiger partial charge in [0, 0.05) is 25.1 Å². The Morgan fingerprint density at radius 1 is 1.56 bits per heavy atom. The van der Waals surface area contributed by atoms with Gasteiger partial charge in [0.25, 0.3) is 0 Å². The summed E-state index contributed by atoms with van der Waals surface area (Å²) in [5.74, 6) is 0.777. The lowest BCUT2D eigenvalue weighted by atomic mass is 9.74. The molecule has 0 aromatic rings. The van der Waals surface area contributed by atoms with Crippen molar-refractivity contribution >= 4 is 0 Å². The van der Waals surface area contributed by atoms with E-state index >= 15 is 0 Å². The van der Waals surface area contributed by atoms with E-state index in [1.807, 2.05) is 0 Å². The fraction of sp³-hybridized carbons (Fsp3) is 1.00. The fourth-order valence-corrected chi connectivity index (χ4v) is 1.65. The molecule has 2 rings (SSSR count). The van der Waals surface area contributed by atoms with Gasteiger partial charge in [-0.1, -0.05) is 6.92 Å². The number of hydrogen-bond acceptors (Lipinski definition) is 2. The minimum Gasteiger partial charge on any atom is -0.380 e. The molecule has 52 valence electrons. The molecule has 0 radical (unpaired) electrons. The molecule has 0 amide bonds. The second kappa shape index (κ2) is 1.70. The first-order chi connectivity index (χ1) is 4.33. The van der Waals surface area contributed by atoms with E-state index in [-0.39, 0.29) is 0 Å². The van der Waals surface area contributed by atoms with E-state index in [0.717, 1.165) is 19.1 Å². The number of nitrogens with one attached hydrogen (secondary N) is 1. The second-order valence-electron chi connectivity index (χ2n) is 3.38. The molecular weight excluding hydrogens is 114 g/mol. The van der Waals surface area contributed by atoms with E-state index in [0.29, 0.717) is 5.41 Å². The minimum atomic E-state index is 0.542. The van der Waals surface area contributed by atoms with Crippen molar-refractivity contribution < 1.29 is 4.74 Å².